The Labute approximate surface area is 186 Å². The molecule has 7 nitrogen and oxygen atoms in total. The number of ether oxygens (including phenoxy) is 1. The van der Waals surface area contributed by atoms with Gasteiger partial charge in [-0.25, -0.2) is 9.38 Å². The van der Waals surface area contributed by atoms with Crippen LogP contribution in [0.1, 0.15) is 11.1 Å². The highest BCUT2D eigenvalue weighted by molar-refractivity contribution is 6.31. The lowest BCUT2D eigenvalue weighted by atomic mass is 9.95. The molecule has 1 atom stereocenters. The van der Waals surface area contributed by atoms with Crippen LogP contribution < -0.4 is 15.8 Å². The molecule has 4 rings (SSSR count). The zero-order chi connectivity index (χ0) is 23.0. The first kappa shape index (κ1) is 22.6. The van der Waals surface area contributed by atoms with Crippen LogP contribution in [0.4, 0.5) is 17.6 Å². The molecule has 1 aromatic carbocycles. The minimum absolute atomic E-state index is 0.164. The quantitative estimate of drug-likeness (QED) is 0.632. The summed E-state index contributed by atoms with van der Waals surface area (Å²) in [6.45, 7) is 1.69. The van der Waals surface area contributed by atoms with E-state index in [0.717, 1.165) is 16.7 Å². The number of aromatic nitrogens is 2. The van der Waals surface area contributed by atoms with Crippen molar-refractivity contribution in [1.82, 2.24) is 20.0 Å². The highest BCUT2D eigenvalue weighted by Crippen LogP contribution is 2.35. The molecule has 0 amide bonds. The van der Waals surface area contributed by atoms with Gasteiger partial charge >= 0.3 is 6.18 Å². The Morgan fingerprint density at radius 2 is 2.09 bits per heavy atom. The molecule has 0 aliphatic carbocycles. The number of nitrogens with one attached hydrogen (secondary N) is 1. The molecule has 0 radical (unpaired) electrons. The molecular weight excluding hydrogens is 452 g/mol. The summed E-state index contributed by atoms with van der Waals surface area (Å²) in [4.78, 5) is 5.48. The molecule has 2 aliphatic rings. The van der Waals surface area contributed by atoms with Crippen molar-refractivity contribution < 1.29 is 22.3 Å². The molecule has 1 aromatic heterocycles. The number of halogens is 5. The molecule has 172 valence electrons. The number of alkyl halides is 3. The third kappa shape index (κ3) is 4.74. The number of benzene rings is 1. The maximum atomic E-state index is 13.1. The van der Waals surface area contributed by atoms with E-state index in [0.29, 0.717) is 39.9 Å². The third-order valence-corrected chi connectivity index (χ3v) is 5.40. The summed E-state index contributed by atoms with van der Waals surface area (Å²) in [6, 6.07) is 3.34. The summed E-state index contributed by atoms with van der Waals surface area (Å²) in [5.41, 5.74) is 8.97. The van der Waals surface area contributed by atoms with Gasteiger partial charge in [-0.05, 0) is 24.6 Å². The normalized spacial score (nSPS) is 18.8. The summed E-state index contributed by atoms with van der Waals surface area (Å²) >= 11 is 6.23. The van der Waals surface area contributed by atoms with Crippen LogP contribution in [0.2, 0.25) is 5.02 Å². The van der Waals surface area contributed by atoms with Gasteiger partial charge in [-0.3, -0.25) is 10.4 Å². The van der Waals surface area contributed by atoms with E-state index in [9.17, 15) is 17.6 Å². The van der Waals surface area contributed by atoms with E-state index in [2.05, 4.69) is 15.4 Å². The zero-order valence-corrected chi connectivity index (χ0v) is 17.8. The van der Waals surface area contributed by atoms with E-state index in [1.807, 2.05) is 6.92 Å². The Kier molecular flexibility index (Phi) is 6.15. The second kappa shape index (κ2) is 8.72. The van der Waals surface area contributed by atoms with E-state index >= 15 is 0 Å². The number of nitrogens with zero attached hydrogens (tertiary/aromatic N) is 4. The fourth-order valence-corrected chi connectivity index (χ4v) is 4.15. The van der Waals surface area contributed by atoms with Crippen molar-refractivity contribution in [1.29, 1.82) is 0 Å². The number of rotatable bonds is 6. The lowest BCUT2D eigenvalue weighted by Gasteiger charge is -2.35. The molecule has 0 saturated carbocycles. The van der Waals surface area contributed by atoms with Crippen LogP contribution in [0.5, 0.6) is 5.75 Å². The van der Waals surface area contributed by atoms with Gasteiger partial charge in [-0.1, -0.05) is 11.6 Å². The van der Waals surface area contributed by atoms with Crippen molar-refractivity contribution in [3.05, 3.63) is 57.8 Å². The van der Waals surface area contributed by atoms with E-state index in [1.165, 1.54) is 10.9 Å². The molecule has 2 aliphatic heterocycles. The molecule has 0 saturated heterocycles. The van der Waals surface area contributed by atoms with Crippen molar-refractivity contribution in [2.24, 2.45) is 10.7 Å². The molecule has 3 N–H and O–H groups in total. The van der Waals surface area contributed by atoms with Crippen LogP contribution in [-0.4, -0.2) is 59.1 Å². The van der Waals surface area contributed by atoms with Gasteiger partial charge in [0.1, 0.15) is 18.9 Å². The minimum atomic E-state index is -4.41. The second-order valence-corrected chi connectivity index (χ2v) is 7.97. The van der Waals surface area contributed by atoms with Gasteiger partial charge in [-0.15, -0.1) is 0 Å². The van der Waals surface area contributed by atoms with Crippen molar-refractivity contribution in [2.45, 2.75) is 25.9 Å². The van der Waals surface area contributed by atoms with E-state index < -0.39 is 24.8 Å². The summed E-state index contributed by atoms with van der Waals surface area (Å²) in [7, 11) is 0. The minimum Gasteiger partial charge on any atom is -0.491 e. The average molecular weight is 473 g/mol. The Bertz CT molecular complexity index is 1080. The molecule has 32 heavy (non-hydrogen) atoms. The highest BCUT2D eigenvalue weighted by Gasteiger charge is 2.39. The van der Waals surface area contributed by atoms with Crippen LogP contribution in [0.25, 0.3) is 0 Å². The topological polar surface area (TPSA) is 80.7 Å². The second-order valence-electron chi connectivity index (χ2n) is 7.53. The summed E-state index contributed by atoms with van der Waals surface area (Å²) in [5.74, 6) is -0.0388. The maximum absolute atomic E-state index is 13.1. The Morgan fingerprint density at radius 1 is 1.31 bits per heavy atom. The number of hydrogen-bond donors (Lipinski definition) is 2. The van der Waals surface area contributed by atoms with E-state index in [1.54, 1.807) is 12.1 Å². The Balaban J connectivity index is 1.66. The van der Waals surface area contributed by atoms with Gasteiger partial charge in [-0.2, -0.15) is 18.3 Å². The van der Waals surface area contributed by atoms with Crippen molar-refractivity contribution in [3.8, 4) is 5.75 Å². The molecule has 1 unspecified atom stereocenters. The largest absolute Gasteiger partial charge is 0.491 e. The van der Waals surface area contributed by atoms with Gasteiger partial charge in [0.2, 0.25) is 0 Å². The fourth-order valence-electron chi connectivity index (χ4n) is 3.89. The summed E-state index contributed by atoms with van der Waals surface area (Å²) < 4.78 is 59.7. The highest BCUT2D eigenvalue weighted by atomic mass is 35.5. The molecule has 3 heterocycles. The average Bonchev–Trinajstić information content (AvgIpc) is 3.32. The van der Waals surface area contributed by atoms with Crippen molar-refractivity contribution in [2.75, 3.05) is 26.2 Å². The monoisotopic (exact) mass is 472 g/mol. The van der Waals surface area contributed by atoms with Crippen molar-refractivity contribution in [3.63, 3.8) is 0 Å². The number of aliphatic imine (C=N–C) groups is 1. The maximum Gasteiger partial charge on any atom is 0.406 e. The number of hydrogen-bond acceptors (Lipinski definition) is 6. The molecule has 0 spiro atoms. The predicted molar refractivity (Wildman–Crippen MR) is 111 cm³/mol. The van der Waals surface area contributed by atoms with Crippen LogP contribution in [-0.2, 0) is 6.54 Å². The first-order valence-corrected chi connectivity index (χ1v) is 10.2. The van der Waals surface area contributed by atoms with Gasteiger partial charge in [0, 0.05) is 34.9 Å². The van der Waals surface area contributed by atoms with Crippen LogP contribution in [0.15, 0.2) is 40.8 Å². The molecule has 0 bridgehead atoms. The van der Waals surface area contributed by atoms with Gasteiger partial charge in [0.15, 0.2) is 12.1 Å². The predicted octanol–water partition coefficient (Wildman–Crippen LogP) is 2.83. The lowest BCUT2D eigenvalue weighted by Crippen LogP contribution is -2.48. The summed E-state index contributed by atoms with van der Waals surface area (Å²) in [5, 5.41) is 7.39. The standard InChI is InChI=1S/C20H21ClF4N6O/c1-11-4-12(21)5-16(32-3-2-30-9-13(22)6-28-30)17(11)18-14-7-27-8-15(14)31(19(26)29-18)10-20(23,24)25/h4-6,9,19,27H,2-3,7-8,10,26H2,1H3. The van der Waals surface area contributed by atoms with Crippen LogP contribution in [0, 0.1) is 12.7 Å². The van der Waals surface area contributed by atoms with Crippen LogP contribution >= 0.6 is 11.6 Å². The SMILES string of the molecule is Cc1cc(Cl)cc(OCCn2cc(F)cn2)c1C1=NC(N)N(CC(F)(F)F)C2=C1CNC2. The first-order chi connectivity index (χ1) is 15.1. The fraction of sp³-hybridized carbons (Fsp3) is 0.400. The first-order valence-electron chi connectivity index (χ1n) is 9.83. The van der Waals surface area contributed by atoms with Crippen LogP contribution in [0.3, 0.4) is 0 Å². The third-order valence-electron chi connectivity index (χ3n) is 5.19. The van der Waals surface area contributed by atoms with Crippen molar-refractivity contribution >= 4 is 17.3 Å². The summed E-state index contributed by atoms with van der Waals surface area (Å²) in [6.07, 6.45) is -3.27. The number of nitrogens with two attached hydrogens (primary N) is 1. The molecule has 2 aromatic rings. The molecular formula is C20H21ClF4N6O. The smallest absolute Gasteiger partial charge is 0.406 e. The van der Waals surface area contributed by atoms with Gasteiger partial charge in [0.05, 0.1) is 24.7 Å². The lowest BCUT2D eigenvalue weighted by molar-refractivity contribution is -0.146. The molecule has 12 heteroatoms. The van der Waals surface area contributed by atoms with E-state index in [-0.39, 0.29) is 19.7 Å². The van der Waals surface area contributed by atoms with Gasteiger partial charge < -0.3 is 15.0 Å². The molecule has 0 fully saturated rings. The van der Waals surface area contributed by atoms with Gasteiger partial charge in [0.25, 0.3) is 0 Å². The zero-order valence-electron chi connectivity index (χ0n) is 17.1. The van der Waals surface area contributed by atoms with E-state index in [4.69, 9.17) is 22.1 Å². The number of aryl methyl sites for hydroxylation is 1. The Hall–Kier alpha value is -2.63. The Morgan fingerprint density at radius 3 is 2.78 bits per heavy atom.